The quantitative estimate of drug-likeness (QED) is 0.304. The zero-order valence-electron chi connectivity index (χ0n) is 15.3. The van der Waals surface area contributed by atoms with Crippen LogP contribution in [0.1, 0.15) is 5.56 Å². The summed E-state index contributed by atoms with van der Waals surface area (Å²) in [6.45, 7) is 0. The van der Waals surface area contributed by atoms with Gasteiger partial charge >= 0.3 is 0 Å². The second-order valence-electron chi connectivity index (χ2n) is 6.30. The van der Waals surface area contributed by atoms with E-state index in [0.717, 1.165) is 26.9 Å². The van der Waals surface area contributed by atoms with Crippen molar-refractivity contribution in [2.24, 2.45) is 5.10 Å². The third kappa shape index (κ3) is 4.86. The number of hydrogen-bond acceptors (Lipinski definition) is 5. The lowest BCUT2D eigenvalue weighted by Gasteiger charge is -2.08. The normalized spacial score (nSPS) is 10.9. The molecule has 29 heavy (non-hydrogen) atoms. The third-order valence-electron chi connectivity index (χ3n) is 4.18. The highest BCUT2D eigenvalue weighted by molar-refractivity contribution is 9.10. The molecule has 6 heteroatoms. The maximum Gasteiger partial charge on any atom is 0.162 e. The highest BCUT2D eigenvalue weighted by atomic mass is 79.9. The minimum atomic E-state index is 0.220. The highest BCUT2D eigenvalue weighted by Gasteiger charge is 2.08. The summed E-state index contributed by atoms with van der Waals surface area (Å²) >= 11 is 3.46. The molecule has 0 fully saturated rings. The maximum absolute atomic E-state index is 9.37. The molecule has 0 saturated carbocycles. The average Bonchev–Trinajstić information content (AvgIpc) is 2.76. The van der Waals surface area contributed by atoms with Gasteiger partial charge in [0, 0.05) is 21.7 Å². The lowest BCUT2D eigenvalue weighted by atomic mass is 10.1. The highest BCUT2D eigenvalue weighted by Crippen LogP contribution is 2.25. The molecule has 0 aliphatic carbocycles. The first-order chi connectivity index (χ1) is 14.2. The van der Waals surface area contributed by atoms with Gasteiger partial charge in [-0.15, -0.1) is 0 Å². The summed E-state index contributed by atoms with van der Waals surface area (Å²) in [6, 6.07) is 26.5. The SMILES string of the molecule is Oc1ccc(/C=N\Nc2cc(-c3ccccc3)nc(-c3ccc(Br)cc3)n2)cc1. The van der Waals surface area contributed by atoms with Crippen LogP contribution in [0.2, 0.25) is 0 Å². The van der Waals surface area contributed by atoms with Crippen LogP contribution in [0.5, 0.6) is 5.75 Å². The van der Waals surface area contributed by atoms with Crippen molar-refractivity contribution in [2.45, 2.75) is 0 Å². The molecule has 0 amide bonds. The summed E-state index contributed by atoms with van der Waals surface area (Å²) in [7, 11) is 0. The van der Waals surface area contributed by atoms with E-state index in [1.807, 2.05) is 60.7 Å². The Morgan fingerprint density at radius 3 is 2.28 bits per heavy atom. The van der Waals surface area contributed by atoms with Gasteiger partial charge in [0.15, 0.2) is 11.6 Å². The Morgan fingerprint density at radius 2 is 1.55 bits per heavy atom. The number of anilines is 1. The Hall–Kier alpha value is -3.51. The van der Waals surface area contributed by atoms with Gasteiger partial charge in [-0.1, -0.05) is 58.4 Å². The van der Waals surface area contributed by atoms with Crippen LogP contribution < -0.4 is 5.43 Å². The van der Waals surface area contributed by atoms with Gasteiger partial charge in [0.2, 0.25) is 0 Å². The van der Waals surface area contributed by atoms with Crippen molar-refractivity contribution >= 4 is 28.0 Å². The fourth-order valence-electron chi connectivity index (χ4n) is 2.72. The first-order valence-corrected chi connectivity index (χ1v) is 9.75. The molecule has 0 atom stereocenters. The predicted molar refractivity (Wildman–Crippen MR) is 120 cm³/mol. The fraction of sp³-hybridized carbons (Fsp3) is 0. The number of aromatic nitrogens is 2. The Kier molecular flexibility index (Phi) is 5.63. The van der Waals surface area contributed by atoms with E-state index in [1.165, 1.54) is 0 Å². The van der Waals surface area contributed by atoms with E-state index >= 15 is 0 Å². The van der Waals surface area contributed by atoms with E-state index in [1.54, 1.807) is 30.5 Å². The van der Waals surface area contributed by atoms with Crippen molar-refractivity contribution in [3.63, 3.8) is 0 Å². The molecular weight excluding hydrogens is 428 g/mol. The first kappa shape index (κ1) is 18.8. The zero-order chi connectivity index (χ0) is 20.1. The van der Waals surface area contributed by atoms with E-state index in [-0.39, 0.29) is 5.75 Å². The topological polar surface area (TPSA) is 70.4 Å². The minimum Gasteiger partial charge on any atom is -0.508 e. The molecule has 0 aliphatic rings. The summed E-state index contributed by atoms with van der Waals surface area (Å²) in [6.07, 6.45) is 1.67. The van der Waals surface area contributed by atoms with Crippen LogP contribution in [0.25, 0.3) is 22.6 Å². The molecule has 0 radical (unpaired) electrons. The fourth-order valence-corrected chi connectivity index (χ4v) is 2.99. The summed E-state index contributed by atoms with van der Waals surface area (Å²) in [5.41, 5.74) is 6.57. The van der Waals surface area contributed by atoms with E-state index < -0.39 is 0 Å². The smallest absolute Gasteiger partial charge is 0.162 e. The van der Waals surface area contributed by atoms with Gasteiger partial charge in [0.25, 0.3) is 0 Å². The van der Waals surface area contributed by atoms with Crippen LogP contribution >= 0.6 is 15.9 Å². The Bertz CT molecular complexity index is 1130. The van der Waals surface area contributed by atoms with Gasteiger partial charge in [0.1, 0.15) is 5.75 Å². The van der Waals surface area contributed by atoms with Crippen LogP contribution in [0.15, 0.2) is 94.5 Å². The molecule has 0 aliphatic heterocycles. The van der Waals surface area contributed by atoms with Crippen molar-refractivity contribution in [1.82, 2.24) is 9.97 Å². The summed E-state index contributed by atoms with van der Waals surface area (Å²) < 4.78 is 0.998. The van der Waals surface area contributed by atoms with Crippen molar-refractivity contribution < 1.29 is 5.11 Å². The average molecular weight is 445 g/mol. The van der Waals surface area contributed by atoms with E-state index in [9.17, 15) is 5.11 Å². The summed E-state index contributed by atoms with van der Waals surface area (Å²) in [5.74, 6) is 1.42. The lowest BCUT2D eigenvalue weighted by Crippen LogP contribution is -1.99. The molecule has 0 unspecified atom stereocenters. The number of halogens is 1. The molecule has 0 saturated heterocycles. The summed E-state index contributed by atoms with van der Waals surface area (Å²) in [4.78, 5) is 9.35. The summed E-state index contributed by atoms with van der Waals surface area (Å²) in [5, 5.41) is 13.6. The number of hydrazone groups is 1. The second-order valence-corrected chi connectivity index (χ2v) is 7.21. The molecule has 0 spiro atoms. The number of hydrogen-bond donors (Lipinski definition) is 2. The van der Waals surface area contributed by atoms with E-state index in [4.69, 9.17) is 4.98 Å². The maximum atomic E-state index is 9.37. The van der Waals surface area contributed by atoms with Gasteiger partial charge in [0.05, 0.1) is 11.9 Å². The van der Waals surface area contributed by atoms with Crippen molar-refractivity contribution in [1.29, 1.82) is 0 Å². The standard InChI is InChI=1S/C23H17BrN4O/c24-19-10-8-18(9-11-19)23-26-21(17-4-2-1-3-5-17)14-22(27-23)28-25-15-16-6-12-20(29)13-7-16/h1-15,29H,(H,26,27,28)/b25-15-. The van der Waals surface area contributed by atoms with Gasteiger partial charge < -0.3 is 5.11 Å². The lowest BCUT2D eigenvalue weighted by molar-refractivity contribution is 0.475. The molecular formula is C23H17BrN4O. The Balaban J connectivity index is 1.67. The molecule has 3 aromatic carbocycles. The largest absolute Gasteiger partial charge is 0.508 e. The second kappa shape index (κ2) is 8.67. The molecule has 1 aromatic heterocycles. The van der Waals surface area contributed by atoms with Crippen molar-refractivity contribution in [2.75, 3.05) is 5.43 Å². The number of phenolic OH excluding ortho intramolecular Hbond substituents is 1. The Labute approximate surface area is 176 Å². The number of benzene rings is 3. The number of nitrogens with one attached hydrogen (secondary N) is 1. The number of rotatable bonds is 5. The van der Waals surface area contributed by atoms with Crippen LogP contribution in [-0.4, -0.2) is 21.3 Å². The Morgan fingerprint density at radius 1 is 0.828 bits per heavy atom. The van der Waals surface area contributed by atoms with Crippen molar-refractivity contribution in [3.05, 3.63) is 95.0 Å². The molecule has 2 N–H and O–H groups in total. The van der Waals surface area contributed by atoms with Gasteiger partial charge in [-0.25, -0.2) is 9.97 Å². The number of phenols is 1. The van der Waals surface area contributed by atoms with E-state index in [0.29, 0.717) is 11.6 Å². The van der Waals surface area contributed by atoms with Gasteiger partial charge in [-0.2, -0.15) is 5.10 Å². The van der Waals surface area contributed by atoms with Crippen molar-refractivity contribution in [3.8, 4) is 28.4 Å². The molecule has 4 aromatic rings. The van der Waals surface area contributed by atoms with Crippen LogP contribution in [0, 0.1) is 0 Å². The van der Waals surface area contributed by atoms with Crippen LogP contribution in [0.4, 0.5) is 5.82 Å². The molecule has 142 valence electrons. The van der Waals surface area contributed by atoms with Crippen LogP contribution in [0.3, 0.4) is 0 Å². The number of nitrogens with zero attached hydrogens (tertiary/aromatic N) is 3. The predicted octanol–water partition coefficient (Wildman–Crippen LogP) is 5.72. The molecule has 1 heterocycles. The minimum absolute atomic E-state index is 0.220. The monoisotopic (exact) mass is 444 g/mol. The molecule has 5 nitrogen and oxygen atoms in total. The van der Waals surface area contributed by atoms with Crippen LogP contribution in [-0.2, 0) is 0 Å². The first-order valence-electron chi connectivity index (χ1n) is 8.96. The molecule has 4 rings (SSSR count). The molecule has 0 bridgehead atoms. The third-order valence-corrected chi connectivity index (χ3v) is 4.71. The zero-order valence-corrected chi connectivity index (χ0v) is 16.9. The number of aromatic hydroxyl groups is 1. The van der Waals surface area contributed by atoms with Gasteiger partial charge in [-0.3, -0.25) is 5.43 Å². The van der Waals surface area contributed by atoms with Gasteiger partial charge in [-0.05, 0) is 42.0 Å². The van der Waals surface area contributed by atoms with E-state index in [2.05, 4.69) is 31.4 Å².